The second kappa shape index (κ2) is 9.55. The maximum atomic E-state index is 12.5. The molecule has 4 heterocycles. The summed E-state index contributed by atoms with van der Waals surface area (Å²) in [4.78, 5) is 26.8. The Morgan fingerprint density at radius 2 is 1.85 bits per heavy atom. The third kappa shape index (κ3) is 4.68. The average molecular weight is 456 g/mol. The molecule has 34 heavy (non-hydrogen) atoms. The molecular formula is C28H33N5O. The summed E-state index contributed by atoms with van der Waals surface area (Å²) in [6.07, 6.45) is 2.28. The molecule has 1 N–H and O–H groups in total. The van der Waals surface area contributed by atoms with E-state index >= 15 is 0 Å². The molecule has 6 heteroatoms. The molecule has 4 atom stereocenters. The monoisotopic (exact) mass is 455 g/mol. The zero-order valence-corrected chi connectivity index (χ0v) is 20.2. The minimum absolute atomic E-state index is 0.0103. The SMILES string of the molecule is Cc1nc(-c2ccc(N(C)C)cc2)cc([C@@H]2CN3CC[C@H]2C[C@@H]3CNC(=O)c2ccccc2)n1. The van der Waals surface area contributed by atoms with Gasteiger partial charge in [0.2, 0.25) is 0 Å². The first-order valence-electron chi connectivity index (χ1n) is 12.2. The highest BCUT2D eigenvalue weighted by atomic mass is 16.1. The van der Waals surface area contributed by atoms with Gasteiger partial charge in [0.15, 0.2) is 0 Å². The summed E-state index contributed by atoms with van der Waals surface area (Å²) in [5.74, 6) is 1.83. The van der Waals surface area contributed by atoms with E-state index in [0.717, 1.165) is 47.8 Å². The van der Waals surface area contributed by atoms with Crippen LogP contribution >= 0.6 is 0 Å². The highest BCUT2D eigenvalue weighted by molar-refractivity contribution is 5.94. The van der Waals surface area contributed by atoms with Crippen LogP contribution in [0.1, 0.15) is 40.6 Å². The summed E-state index contributed by atoms with van der Waals surface area (Å²) >= 11 is 0. The van der Waals surface area contributed by atoms with Crippen molar-refractivity contribution in [2.45, 2.75) is 31.7 Å². The molecule has 3 fully saturated rings. The first-order valence-corrected chi connectivity index (χ1v) is 12.2. The van der Waals surface area contributed by atoms with Crippen molar-refractivity contribution in [3.8, 4) is 11.3 Å². The van der Waals surface area contributed by atoms with Gasteiger partial charge in [0.1, 0.15) is 5.82 Å². The number of aryl methyl sites for hydroxylation is 1. The average Bonchev–Trinajstić information content (AvgIpc) is 2.87. The van der Waals surface area contributed by atoms with Gasteiger partial charge in [-0.15, -0.1) is 0 Å². The second-order valence-corrected chi connectivity index (χ2v) is 9.78. The van der Waals surface area contributed by atoms with Crippen LogP contribution in [0.15, 0.2) is 60.7 Å². The van der Waals surface area contributed by atoms with Gasteiger partial charge in [-0.2, -0.15) is 0 Å². The van der Waals surface area contributed by atoms with Crippen LogP contribution in [0, 0.1) is 12.8 Å². The fourth-order valence-corrected chi connectivity index (χ4v) is 5.45. The zero-order chi connectivity index (χ0) is 23.7. The number of anilines is 1. The van der Waals surface area contributed by atoms with Gasteiger partial charge in [-0.3, -0.25) is 9.69 Å². The van der Waals surface area contributed by atoms with E-state index in [1.54, 1.807) is 0 Å². The van der Waals surface area contributed by atoms with E-state index in [9.17, 15) is 4.79 Å². The van der Waals surface area contributed by atoms with Gasteiger partial charge in [0, 0.05) is 61.7 Å². The van der Waals surface area contributed by atoms with Gasteiger partial charge in [0.25, 0.3) is 5.91 Å². The van der Waals surface area contributed by atoms with E-state index in [0.29, 0.717) is 24.4 Å². The van der Waals surface area contributed by atoms with Crippen LogP contribution in [-0.4, -0.2) is 60.5 Å². The van der Waals surface area contributed by atoms with E-state index in [2.05, 4.69) is 59.5 Å². The van der Waals surface area contributed by atoms with Gasteiger partial charge in [-0.1, -0.05) is 30.3 Å². The maximum absolute atomic E-state index is 12.5. The lowest BCUT2D eigenvalue weighted by molar-refractivity contribution is 0.0290. The van der Waals surface area contributed by atoms with Crippen LogP contribution in [0.3, 0.4) is 0 Å². The van der Waals surface area contributed by atoms with Crippen molar-refractivity contribution >= 4 is 11.6 Å². The molecule has 1 amide bonds. The van der Waals surface area contributed by atoms with Crippen LogP contribution in [-0.2, 0) is 0 Å². The fraction of sp³-hybridized carbons (Fsp3) is 0.393. The number of piperidine rings is 3. The summed E-state index contributed by atoms with van der Waals surface area (Å²) in [5.41, 5.74) is 5.17. The summed E-state index contributed by atoms with van der Waals surface area (Å²) in [6.45, 7) is 4.77. The molecule has 3 aliphatic rings. The summed E-state index contributed by atoms with van der Waals surface area (Å²) < 4.78 is 0. The Labute approximate surface area is 202 Å². The molecule has 176 valence electrons. The van der Waals surface area contributed by atoms with Crippen molar-refractivity contribution in [1.82, 2.24) is 20.2 Å². The Hall–Kier alpha value is -3.25. The maximum Gasteiger partial charge on any atom is 0.251 e. The number of amides is 1. The molecule has 2 aromatic carbocycles. The Balaban J connectivity index is 1.28. The Morgan fingerprint density at radius 3 is 2.53 bits per heavy atom. The van der Waals surface area contributed by atoms with Crippen LogP contribution in [0.4, 0.5) is 5.69 Å². The number of hydrogen-bond acceptors (Lipinski definition) is 5. The van der Waals surface area contributed by atoms with Crippen LogP contribution in [0.5, 0.6) is 0 Å². The van der Waals surface area contributed by atoms with Gasteiger partial charge < -0.3 is 10.2 Å². The third-order valence-corrected chi connectivity index (χ3v) is 7.33. The van der Waals surface area contributed by atoms with Gasteiger partial charge in [0.05, 0.1) is 5.69 Å². The minimum Gasteiger partial charge on any atom is -0.378 e. The smallest absolute Gasteiger partial charge is 0.251 e. The van der Waals surface area contributed by atoms with Crippen LogP contribution in [0.25, 0.3) is 11.3 Å². The van der Waals surface area contributed by atoms with E-state index < -0.39 is 0 Å². The lowest BCUT2D eigenvalue weighted by Gasteiger charge is -2.49. The fourth-order valence-electron chi connectivity index (χ4n) is 5.45. The standard InChI is InChI=1S/C28H33N5O/c1-19-30-26(20-9-11-23(12-10-20)32(2)3)16-27(31-19)25-18-33-14-13-22(25)15-24(33)17-29-28(34)21-7-5-4-6-8-21/h4-12,16,22,24-25H,13-15,17-18H2,1-3H3,(H,29,34)/t22-,24+,25+/m0/s1. The molecular weight excluding hydrogens is 422 g/mol. The van der Waals surface area contributed by atoms with E-state index in [4.69, 9.17) is 9.97 Å². The van der Waals surface area contributed by atoms with Crippen molar-refractivity contribution in [3.05, 3.63) is 77.7 Å². The number of fused-ring (bicyclic) bond motifs is 3. The number of hydrogen-bond donors (Lipinski definition) is 1. The third-order valence-electron chi connectivity index (χ3n) is 7.33. The van der Waals surface area contributed by atoms with Crippen molar-refractivity contribution < 1.29 is 4.79 Å². The summed E-state index contributed by atoms with van der Waals surface area (Å²) in [7, 11) is 4.10. The Kier molecular flexibility index (Phi) is 6.33. The van der Waals surface area contributed by atoms with E-state index in [1.165, 1.54) is 12.1 Å². The lowest BCUT2D eigenvalue weighted by atomic mass is 9.74. The minimum atomic E-state index is 0.0103. The van der Waals surface area contributed by atoms with Crippen molar-refractivity contribution in [3.63, 3.8) is 0 Å². The predicted molar refractivity (Wildman–Crippen MR) is 136 cm³/mol. The van der Waals surface area contributed by atoms with E-state index in [1.807, 2.05) is 37.3 Å². The Morgan fingerprint density at radius 1 is 1.09 bits per heavy atom. The van der Waals surface area contributed by atoms with Crippen molar-refractivity contribution in [2.75, 3.05) is 38.6 Å². The van der Waals surface area contributed by atoms with Gasteiger partial charge in [-0.05, 0) is 62.6 Å². The molecule has 0 radical (unpaired) electrons. The summed E-state index contributed by atoms with van der Waals surface area (Å²) in [6, 6.07) is 20.6. The molecule has 3 aliphatic heterocycles. The number of nitrogens with zero attached hydrogens (tertiary/aromatic N) is 4. The number of carbonyl (C=O) groups is 1. The molecule has 2 bridgehead atoms. The largest absolute Gasteiger partial charge is 0.378 e. The predicted octanol–water partition coefficient (Wildman–Crippen LogP) is 4.13. The first-order chi connectivity index (χ1) is 16.5. The quantitative estimate of drug-likeness (QED) is 0.606. The van der Waals surface area contributed by atoms with Crippen molar-refractivity contribution in [2.24, 2.45) is 5.92 Å². The first kappa shape index (κ1) is 22.5. The lowest BCUT2D eigenvalue weighted by Crippen LogP contribution is -2.56. The highest BCUT2D eigenvalue weighted by Crippen LogP contribution is 2.41. The number of rotatable bonds is 6. The molecule has 0 aliphatic carbocycles. The van der Waals surface area contributed by atoms with E-state index in [-0.39, 0.29) is 5.91 Å². The molecule has 6 nitrogen and oxygen atoms in total. The number of nitrogens with one attached hydrogen (secondary N) is 1. The molecule has 0 saturated carbocycles. The molecule has 1 aromatic heterocycles. The van der Waals surface area contributed by atoms with Crippen LogP contribution in [0.2, 0.25) is 0 Å². The number of carbonyl (C=O) groups excluding carboxylic acids is 1. The summed E-state index contributed by atoms with van der Waals surface area (Å²) in [5, 5.41) is 3.15. The Bertz CT molecular complexity index is 1150. The molecule has 6 rings (SSSR count). The second-order valence-electron chi connectivity index (χ2n) is 9.78. The van der Waals surface area contributed by atoms with Gasteiger partial charge >= 0.3 is 0 Å². The molecule has 3 saturated heterocycles. The number of benzene rings is 2. The number of aromatic nitrogens is 2. The zero-order valence-electron chi connectivity index (χ0n) is 20.2. The normalized spacial score (nSPS) is 23.5. The van der Waals surface area contributed by atoms with Gasteiger partial charge in [-0.25, -0.2) is 9.97 Å². The van der Waals surface area contributed by atoms with Crippen molar-refractivity contribution in [1.29, 1.82) is 0 Å². The molecule has 3 aromatic rings. The topological polar surface area (TPSA) is 61.4 Å². The molecule has 1 unspecified atom stereocenters. The highest BCUT2D eigenvalue weighted by Gasteiger charge is 2.41. The van der Waals surface area contributed by atoms with Crippen LogP contribution < -0.4 is 10.2 Å². The molecule has 0 spiro atoms.